The minimum Gasteiger partial charge on any atom is -0.493 e. The number of rotatable bonds is 11. The lowest BCUT2D eigenvalue weighted by molar-refractivity contribution is -0.0505. The normalized spacial score (nSPS) is 11.2. The monoisotopic (exact) mass is 554 g/mol. The number of aryl methyl sites for hydroxylation is 1. The molecule has 0 saturated carbocycles. The van der Waals surface area contributed by atoms with Gasteiger partial charge in [0, 0.05) is 49.3 Å². The number of nitrogens with one attached hydrogen (secondary N) is 2. The summed E-state index contributed by atoms with van der Waals surface area (Å²) >= 11 is 1.71. The zero-order valence-corrected chi connectivity index (χ0v) is 20.6. The zero-order valence-electron chi connectivity index (χ0n) is 17.4. The quantitative estimate of drug-likeness (QED) is 0.241. The van der Waals surface area contributed by atoms with Gasteiger partial charge < -0.3 is 20.1 Å². The molecule has 0 fully saturated rings. The third-order valence-corrected chi connectivity index (χ3v) is 5.18. The lowest BCUT2D eigenvalue weighted by atomic mass is 10.2. The molecule has 0 spiro atoms. The van der Waals surface area contributed by atoms with Crippen molar-refractivity contribution in [1.82, 2.24) is 15.6 Å². The largest absolute Gasteiger partial charge is 0.493 e. The van der Waals surface area contributed by atoms with Gasteiger partial charge in [-0.1, -0.05) is 13.8 Å². The molecule has 10 heteroatoms. The van der Waals surface area contributed by atoms with Crippen molar-refractivity contribution >= 4 is 41.3 Å². The van der Waals surface area contributed by atoms with Crippen LogP contribution in [0.3, 0.4) is 0 Å². The van der Waals surface area contributed by atoms with Crippen molar-refractivity contribution in [2.24, 2.45) is 4.99 Å². The van der Waals surface area contributed by atoms with Crippen LogP contribution in [0.4, 0.5) is 8.78 Å². The molecule has 0 atom stereocenters. The highest BCUT2D eigenvalue weighted by Gasteiger charge is 2.12. The first-order chi connectivity index (χ1) is 14.0. The minimum absolute atomic E-state index is 0. The summed E-state index contributed by atoms with van der Waals surface area (Å²) in [6.45, 7) is 2.65. The number of hydrogen-bond acceptors (Lipinski definition) is 5. The van der Waals surface area contributed by atoms with Gasteiger partial charge in [0.1, 0.15) is 11.5 Å². The predicted molar refractivity (Wildman–Crippen MR) is 128 cm³/mol. The Bertz CT molecular complexity index is 790. The highest BCUT2D eigenvalue weighted by atomic mass is 127. The van der Waals surface area contributed by atoms with Crippen LogP contribution >= 0.6 is 35.3 Å². The number of thiazole rings is 1. The maximum absolute atomic E-state index is 12.8. The van der Waals surface area contributed by atoms with E-state index in [4.69, 9.17) is 4.74 Å². The van der Waals surface area contributed by atoms with E-state index in [1.807, 2.05) is 13.1 Å². The molecule has 1 aromatic carbocycles. The number of benzene rings is 1. The maximum Gasteiger partial charge on any atom is 0.387 e. The van der Waals surface area contributed by atoms with Gasteiger partial charge in [0.2, 0.25) is 0 Å². The first-order valence-electron chi connectivity index (χ1n) is 9.64. The molecule has 6 nitrogen and oxygen atoms in total. The number of ether oxygens (including phenoxy) is 2. The van der Waals surface area contributed by atoms with Crippen LogP contribution in [-0.2, 0) is 19.4 Å². The number of halogens is 3. The van der Waals surface area contributed by atoms with Crippen LogP contribution < -0.4 is 20.1 Å². The van der Waals surface area contributed by atoms with Crippen LogP contribution in [0, 0.1) is 0 Å². The molecule has 2 aromatic rings. The fourth-order valence-electron chi connectivity index (χ4n) is 2.51. The number of nitrogens with zero attached hydrogens (tertiary/aromatic N) is 2. The van der Waals surface area contributed by atoms with E-state index in [0.717, 1.165) is 24.3 Å². The van der Waals surface area contributed by atoms with E-state index in [-0.39, 0.29) is 36.3 Å². The summed E-state index contributed by atoms with van der Waals surface area (Å²) in [6, 6.07) is 4.95. The van der Waals surface area contributed by atoms with Crippen molar-refractivity contribution in [1.29, 1.82) is 0 Å². The van der Waals surface area contributed by atoms with Crippen LogP contribution in [0.15, 0.2) is 29.4 Å². The zero-order chi connectivity index (χ0) is 21.1. The summed E-state index contributed by atoms with van der Waals surface area (Å²) in [6.07, 6.45) is 4.51. The van der Waals surface area contributed by atoms with Gasteiger partial charge in [0.05, 0.1) is 11.6 Å². The second-order valence-electron chi connectivity index (χ2n) is 6.17. The molecular weight excluding hydrogens is 525 g/mol. The maximum atomic E-state index is 12.8. The summed E-state index contributed by atoms with van der Waals surface area (Å²) in [4.78, 5) is 9.82. The van der Waals surface area contributed by atoms with Gasteiger partial charge in [-0.15, -0.1) is 35.3 Å². The molecule has 0 saturated heterocycles. The van der Waals surface area contributed by atoms with Crippen molar-refractivity contribution < 1.29 is 18.3 Å². The third-order valence-electron chi connectivity index (χ3n) is 3.98. The molecule has 0 radical (unpaired) electrons. The molecular formula is C20H29F2IN4O2S. The van der Waals surface area contributed by atoms with Crippen molar-refractivity contribution in [3.8, 4) is 11.5 Å². The van der Waals surface area contributed by atoms with E-state index in [1.54, 1.807) is 30.5 Å². The molecule has 168 valence electrons. The summed E-state index contributed by atoms with van der Waals surface area (Å²) in [5.41, 5.74) is 0.588. The number of hydrogen-bond donors (Lipinski definition) is 2. The van der Waals surface area contributed by atoms with Gasteiger partial charge in [-0.05, 0) is 25.0 Å². The Morgan fingerprint density at radius 3 is 2.70 bits per heavy atom. The molecule has 0 aliphatic carbocycles. The molecule has 0 bridgehead atoms. The van der Waals surface area contributed by atoms with Crippen LogP contribution in [-0.4, -0.2) is 37.8 Å². The Morgan fingerprint density at radius 2 is 2.07 bits per heavy atom. The van der Waals surface area contributed by atoms with E-state index in [1.165, 1.54) is 10.9 Å². The van der Waals surface area contributed by atoms with Crippen molar-refractivity contribution in [3.63, 3.8) is 0 Å². The summed E-state index contributed by atoms with van der Waals surface area (Å²) in [5.74, 6) is 1.17. The van der Waals surface area contributed by atoms with Gasteiger partial charge in [-0.2, -0.15) is 8.78 Å². The third kappa shape index (κ3) is 8.99. The lowest BCUT2D eigenvalue weighted by Gasteiger charge is -2.15. The average Bonchev–Trinajstić information content (AvgIpc) is 3.17. The van der Waals surface area contributed by atoms with Gasteiger partial charge >= 0.3 is 6.61 Å². The van der Waals surface area contributed by atoms with E-state index in [0.29, 0.717) is 30.4 Å². The smallest absolute Gasteiger partial charge is 0.387 e. The summed E-state index contributed by atoms with van der Waals surface area (Å²) in [7, 11) is 1.66. The summed E-state index contributed by atoms with van der Waals surface area (Å²) < 4.78 is 35.7. The Morgan fingerprint density at radius 1 is 1.27 bits per heavy atom. The number of aliphatic imine (C=N–C) groups is 1. The van der Waals surface area contributed by atoms with Crippen LogP contribution in [0.25, 0.3) is 0 Å². The first kappa shape index (κ1) is 26.3. The average molecular weight is 554 g/mol. The highest BCUT2D eigenvalue weighted by molar-refractivity contribution is 14.0. The molecule has 1 heterocycles. The van der Waals surface area contributed by atoms with Crippen molar-refractivity contribution in [3.05, 3.63) is 39.8 Å². The first-order valence-corrected chi connectivity index (χ1v) is 10.5. The van der Waals surface area contributed by atoms with Crippen molar-refractivity contribution in [2.45, 2.75) is 46.3 Å². The Hall–Kier alpha value is -1.69. The standard InChI is InChI=1S/C20H28F2N4O2S.HI/c1-4-10-27-15-7-6-14(17(11-15)28-19(21)22)12-26-20(23-3)24-9-8-18-25-13-16(5-2)29-18;/h6-7,11,13,19H,4-5,8-10,12H2,1-3H3,(H2,23,24,26);1H. The van der Waals surface area contributed by atoms with E-state index >= 15 is 0 Å². The Balaban J connectivity index is 0.00000450. The van der Waals surface area contributed by atoms with Crippen LogP contribution in [0.1, 0.15) is 35.7 Å². The Labute approximate surface area is 197 Å². The second-order valence-corrected chi connectivity index (χ2v) is 7.37. The van der Waals surface area contributed by atoms with Gasteiger partial charge in [0.25, 0.3) is 0 Å². The number of alkyl halides is 2. The molecule has 1 aromatic heterocycles. The lowest BCUT2D eigenvalue weighted by Crippen LogP contribution is -2.37. The SMILES string of the molecule is CCCOc1ccc(CNC(=NC)NCCc2ncc(CC)s2)c(OC(F)F)c1.I. The summed E-state index contributed by atoms with van der Waals surface area (Å²) in [5, 5.41) is 7.40. The molecule has 2 N–H and O–H groups in total. The van der Waals surface area contributed by atoms with Gasteiger partial charge in [0.15, 0.2) is 5.96 Å². The molecule has 0 amide bonds. The highest BCUT2D eigenvalue weighted by Crippen LogP contribution is 2.26. The minimum atomic E-state index is -2.90. The predicted octanol–water partition coefficient (Wildman–Crippen LogP) is 4.62. The molecule has 30 heavy (non-hydrogen) atoms. The van der Waals surface area contributed by atoms with Gasteiger partial charge in [-0.3, -0.25) is 4.99 Å². The fraction of sp³-hybridized carbons (Fsp3) is 0.500. The number of aromatic nitrogens is 1. The van der Waals surface area contributed by atoms with Crippen LogP contribution in [0.5, 0.6) is 11.5 Å². The van der Waals surface area contributed by atoms with Gasteiger partial charge in [-0.25, -0.2) is 4.98 Å². The number of guanidine groups is 1. The second kappa shape index (κ2) is 14.3. The molecule has 0 aliphatic rings. The fourth-order valence-corrected chi connectivity index (χ4v) is 3.37. The van der Waals surface area contributed by atoms with E-state index in [2.05, 4.69) is 32.3 Å². The molecule has 0 unspecified atom stereocenters. The topological polar surface area (TPSA) is 67.8 Å². The van der Waals surface area contributed by atoms with E-state index < -0.39 is 6.61 Å². The van der Waals surface area contributed by atoms with E-state index in [9.17, 15) is 8.78 Å². The Kier molecular flexibility index (Phi) is 12.6. The molecule has 2 rings (SSSR count). The van der Waals surface area contributed by atoms with Crippen molar-refractivity contribution in [2.75, 3.05) is 20.2 Å². The molecule has 0 aliphatic heterocycles. The van der Waals surface area contributed by atoms with Crippen LogP contribution in [0.2, 0.25) is 0 Å².